The van der Waals surface area contributed by atoms with Crippen LogP contribution >= 0.6 is 0 Å². The molecule has 0 bridgehead atoms. The van der Waals surface area contributed by atoms with Crippen LogP contribution in [0.1, 0.15) is 81.9 Å². The highest BCUT2D eigenvalue weighted by atomic mass is 16.4. The minimum absolute atomic E-state index is 0.246. The normalized spacial score (nSPS) is 14.6. The molecule has 0 heterocycles. The van der Waals surface area contributed by atoms with E-state index in [1.54, 1.807) is 0 Å². The highest BCUT2D eigenvalue weighted by Gasteiger charge is 2.16. The Hall–Kier alpha value is -1.51. The molecule has 0 spiro atoms. The molecule has 20 heavy (non-hydrogen) atoms. The number of phenols is 1. The lowest BCUT2D eigenvalue weighted by atomic mass is 9.87. The van der Waals surface area contributed by atoms with Crippen molar-refractivity contribution in [2.24, 2.45) is 5.16 Å². The Morgan fingerprint density at radius 2 is 1.70 bits per heavy atom. The van der Waals surface area contributed by atoms with Crippen LogP contribution in [-0.2, 0) is 0 Å². The Morgan fingerprint density at radius 3 is 2.25 bits per heavy atom. The van der Waals surface area contributed by atoms with E-state index in [0.29, 0.717) is 17.4 Å². The van der Waals surface area contributed by atoms with Crippen LogP contribution in [0.5, 0.6) is 5.75 Å². The van der Waals surface area contributed by atoms with Gasteiger partial charge in [-0.1, -0.05) is 51.8 Å². The highest BCUT2D eigenvalue weighted by molar-refractivity contribution is 5.84. The first-order valence-corrected chi connectivity index (χ1v) is 7.59. The molecule has 1 aromatic rings. The van der Waals surface area contributed by atoms with E-state index in [1.807, 2.05) is 6.07 Å². The molecule has 0 aliphatic rings. The second-order valence-corrected chi connectivity index (χ2v) is 5.67. The molecule has 2 unspecified atom stereocenters. The van der Waals surface area contributed by atoms with Crippen LogP contribution in [0.15, 0.2) is 17.3 Å². The molecule has 0 radical (unpaired) electrons. The molecular weight excluding hydrogens is 250 g/mol. The molecule has 0 fully saturated rings. The Balaban J connectivity index is 3.27. The molecule has 0 amide bonds. The average Bonchev–Trinajstić information content (AvgIpc) is 2.41. The lowest BCUT2D eigenvalue weighted by Gasteiger charge is -2.19. The molecule has 1 rings (SSSR count). The molecule has 0 aliphatic carbocycles. The van der Waals surface area contributed by atoms with Crippen LogP contribution in [0.25, 0.3) is 0 Å². The van der Waals surface area contributed by atoms with Gasteiger partial charge in [0.25, 0.3) is 0 Å². The summed E-state index contributed by atoms with van der Waals surface area (Å²) in [6.07, 6.45) is 5.68. The average molecular weight is 277 g/mol. The fourth-order valence-corrected chi connectivity index (χ4v) is 2.71. The third-order valence-corrected chi connectivity index (χ3v) is 3.93. The van der Waals surface area contributed by atoms with Gasteiger partial charge in [0.15, 0.2) is 0 Å². The number of oxime groups is 1. The zero-order valence-electron chi connectivity index (χ0n) is 13.1. The van der Waals surface area contributed by atoms with Crippen molar-refractivity contribution < 1.29 is 10.3 Å². The summed E-state index contributed by atoms with van der Waals surface area (Å²) in [4.78, 5) is 0. The lowest BCUT2D eigenvalue weighted by Crippen LogP contribution is -2.02. The summed E-state index contributed by atoms with van der Waals surface area (Å²) in [6, 6.07) is 4.04. The largest absolute Gasteiger partial charge is 0.507 e. The van der Waals surface area contributed by atoms with Crippen molar-refractivity contribution in [3.05, 3.63) is 28.8 Å². The zero-order chi connectivity index (χ0) is 15.1. The molecule has 0 saturated heterocycles. The summed E-state index contributed by atoms with van der Waals surface area (Å²) >= 11 is 0. The SMILES string of the molecule is CCCC(C)c1cc(C=NO)c(O)c(C(C)CCC)c1. The number of rotatable bonds is 7. The second-order valence-electron chi connectivity index (χ2n) is 5.67. The van der Waals surface area contributed by atoms with Gasteiger partial charge in [-0.05, 0) is 41.9 Å². The summed E-state index contributed by atoms with van der Waals surface area (Å²) < 4.78 is 0. The third-order valence-electron chi connectivity index (χ3n) is 3.93. The van der Waals surface area contributed by atoms with Crippen molar-refractivity contribution in [3.8, 4) is 5.75 Å². The van der Waals surface area contributed by atoms with E-state index >= 15 is 0 Å². The molecule has 0 saturated carbocycles. The topological polar surface area (TPSA) is 52.8 Å². The fraction of sp³-hybridized carbons (Fsp3) is 0.588. The van der Waals surface area contributed by atoms with Gasteiger partial charge in [-0.2, -0.15) is 0 Å². The maximum absolute atomic E-state index is 10.4. The second kappa shape index (κ2) is 7.93. The minimum atomic E-state index is 0.246. The van der Waals surface area contributed by atoms with E-state index in [1.165, 1.54) is 11.8 Å². The maximum Gasteiger partial charge on any atom is 0.127 e. The first-order chi connectivity index (χ1) is 9.54. The maximum atomic E-state index is 10.4. The Kier molecular flexibility index (Phi) is 6.56. The predicted molar refractivity (Wildman–Crippen MR) is 84.1 cm³/mol. The number of aromatic hydroxyl groups is 1. The van der Waals surface area contributed by atoms with Crippen molar-refractivity contribution in [2.45, 2.75) is 65.2 Å². The molecule has 112 valence electrons. The molecule has 0 aromatic heterocycles. The number of hydrogen-bond acceptors (Lipinski definition) is 3. The van der Waals surface area contributed by atoms with Crippen molar-refractivity contribution in [3.63, 3.8) is 0 Å². The van der Waals surface area contributed by atoms with Crippen LogP contribution < -0.4 is 0 Å². The van der Waals surface area contributed by atoms with Gasteiger partial charge in [0.05, 0.1) is 6.21 Å². The van der Waals surface area contributed by atoms with Crippen molar-refractivity contribution in [1.29, 1.82) is 0 Å². The Bertz CT molecular complexity index is 455. The number of hydrogen-bond donors (Lipinski definition) is 2. The number of phenolic OH excluding ortho intramolecular Hbond substituents is 1. The summed E-state index contributed by atoms with van der Waals surface area (Å²) in [6.45, 7) is 8.65. The van der Waals surface area contributed by atoms with Gasteiger partial charge in [0, 0.05) is 5.56 Å². The van der Waals surface area contributed by atoms with E-state index < -0.39 is 0 Å². The van der Waals surface area contributed by atoms with Crippen LogP contribution in [0.3, 0.4) is 0 Å². The summed E-state index contributed by atoms with van der Waals surface area (Å²) in [7, 11) is 0. The minimum Gasteiger partial charge on any atom is -0.507 e. The number of benzene rings is 1. The lowest BCUT2D eigenvalue weighted by molar-refractivity contribution is 0.321. The number of nitrogens with zero attached hydrogens (tertiary/aromatic N) is 1. The van der Waals surface area contributed by atoms with E-state index in [9.17, 15) is 5.11 Å². The van der Waals surface area contributed by atoms with E-state index in [2.05, 4.69) is 38.9 Å². The van der Waals surface area contributed by atoms with Gasteiger partial charge >= 0.3 is 0 Å². The quantitative estimate of drug-likeness (QED) is 0.418. The van der Waals surface area contributed by atoms with Crippen molar-refractivity contribution >= 4 is 6.21 Å². The van der Waals surface area contributed by atoms with E-state index in [0.717, 1.165) is 31.2 Å². The monoisotopic (exact) mass is 277 g/mol. The highest BCUT2D eigenvalue weighted by Crippen LogP contribution is 2.35. The first kappa shape index (κ1) is 16.5. The summed E-state index contributed by atoms with van der Waals surface area (Å²) in [5.41, 5.74) is 2.77. The van der Waals surface area contributed by atoms with Crippen LogP contribution in [-0.4, -0.2) is 16.5 Å². The zero-order valence-corrected chi connectivity index (χ0v) is 13.1. The van der Waals surface area contributed by atoms with Crippen LogP contribution in [0.2, 0.25) is 0 Å². The van der Waals surface area contributed by atoms with E-state index in [-0.39, 0.29) is 5.75 Å². The van der Waals surface area contributed by atoms with Crippen molar-refractivity contribution in [1.82, 2.24) is 0 Å². The Labute approximate surface area is 122 Å². The molecule has 1 aromatic carbocycles. The molecule has 3 nitrogen and oxygen atoms in total. The molecule has 2 atom stereocenters. The van der Waals surface area contributed by atoms with Crippen LogP contribution in [0, 0.1) is 0 Å². The van der Waals surface area contributed by atoms with Gasteiger partial charge in [0.1, 0.15) is 5.75 Å². The molecule has 3 heteroatoms. The van der Waals surface area contributed by atoms with Gasteiger partial charge in [-0.3, -0.25) is 0 Å². The first-order valence-electron chi connectivity index (χ1n) is 7.59. The van der Waals surface area contributed by atoms with Gasteiger partial charge in [0.2, 0.25) is 0 Å². The summed E-state index contributed by atoms with van der Waals surface area (Å²) in [5.74, 6) is 0.995. The van der Waals surface area contributed by atoms with E-state index in [4.69, 9.17) is 5.21 Å². The predicted octanol–water partition coefficient (Wildman–Crippen LogP) is 5.01. The van der Waals surface area contributed by atoms with Gasteiger partial charge in [-0.15, -0.1) is 0 Å². The van der Waals surface area contributed by atoms with Gasteiger partial charge in [-0.25, -0.2) is 0 Å². The third kappa shape index (κ3) is 3.99. The smallest absolute Gasteiger partial charge is 0.127 e. The van der Waals surface area contributed by atoms with Gasteiger partial charge < -0.3 is 10.3 Å². The Morgan fingerprint density at radius 1 is 1.10 bits per heavy atom. The fourth-order valence-electron chi connectivity index (χ4n) is 2.71. The van der Waals surface area contributed by atoms with Crippen LogP contribution in [0.4, 0.5) is 0 Å². The molecule has 2 N–H and O–H groups in total. The van der Waals surface area contributed by atoms with Crippen molar-refractivity contribution in [2.75, 3.05) is 0 Å². The molecule has 0 aliphatic heterocycles. The standard InChI is InChI=1S/C17H27NO2/c1-5-7-12(3)14-9-15(11-18-20)17(19)16(10-14)13(4)8-6-2/h9-13,19-20H,5-8H2,1-4H3. The summed E-state index contributed by atoms with van der Waals surface area (Å²) in [5, 5.41) is 22.2. The molecular formula is C17H27NO2.